The Morgan fingerprint density at radius 2 is 2.22 bits per heavy atom. The highest BCUT2D eigenvalue weighted by Gasteiger charge is 2.26. The first-order chi connectivity index (χ1) is 8.61. The van der Waals surface area contributed by atoms with E-state index in [0.717, 1.165) is 19.3 Å². The molecule has 1 amide bonds. The van der Waals surface area contributed by atoms with Gasteiger partial charge >= 0.3 is 0 Å². The van der Waals surface area contributed by atoms with Crippen LogP contribution in [0.2, 0.25) is 0 Å². The van der Waals surface area contributed by atoms with Crippen molar-refractivity contribution in [3.63, 3.8) is 0 Å². The number of ether oxygens (including phenoxy) is 1. The van der Waals surface area contributed by atoms with Gasteiger partial charge in [-0.1, -0.05) is 6.42 Å². The molecule has 0 unspecified atom stereocenters. The Hall–Kier alpha value is -2.11. The number of carbonyl (C=O) groups is 1. The number of nitro groups is 1. The van der Waals surface area contributed by atoms with Crippen molar-refractivity contribution < 1.29 is 14.5 Å². The van der Waals surface area contributed by atoms with Gasteiger partial charge in [0.1, 0.15) is 5.75 Å². The molecule has 0 bridgehead atoms. The van der Waals surface area contributed by atoms with Crippen LogP contribution in [0.4, 0.5) is 11.4 Å². The van der Waals surface area contributed by atoms with E-state index in [-0.39, 0.29) is 17.5 Å². The zero-order chi connectivity index (χ0) is 13.1. The molecule has 0 atom stereocenters. The number of benzene rings is 1. The molecule has 1 aromatic carbocycles. The van der Waals surface area contributed by atoms with Crippen molar-refractivity contribution in [2.24, 2.45) is 5.92 Å². The van der Waals surface area contributed by atoms with Crippen molar-refractivity contribution in [3.05, 3.63) is 28.3 Å². The number of hydrogen-bond donors (Lipinski definition) is 1. The van der Waals surface area contributed by atoms with E-state index >= 15 is 0 Å². The lowest BCUT2D eigenvalue weighted by Crippen LogP contribution is -2.28. The van der Waals surface area contributed by atoms with Gasteiger partial charge in [0.2, 0.25) is 5.91 Å². The van der Waals surface area contributed by atoms with Crippen LogP contribution in [0, 0.1) is 16.0 Å². The third kappa shape index (κ3) is 2.42. The van der Waals surface area contributed by atoms with Crippen LogP contribution >= 0.6 is 0 Å². The van der Waals surface area contributed by atoms with E-state index < -0.39 is 4.92 Å². The van der Waals surface area contributed by atoms with Gasteiger partial charge in [-0.25, -0.2) is 0 Å². The number of nitrogens with zero attached hydrogens (tertiary/aromatic N) is 1. The van der Waals surface area contributed by atoms with Crippen molar-refractivity contribution in [2.75, 3.05) is 12.4 Å². The van der Waals surface area contributed by atoms with Crippen molar-refractivity contribution in [1.29, 1.82) is 0 Å². The number of carbonyl (C=O) groups excluding carboxylic acids is 1. The number of amides is 1. The first kappa shape index (κ1) is 12.3. The van der Waals surface area contributed by atoms with Crippen molar-refractivity contribution in [2.45, 2.75) is 19.3 Å². The fourth-order valence-corrected chi connectivity index (χ4v) is 1.81. The summed E-state index contributed by atoms with van der Waals surface area (Å²) in [4.78, 5) is 22.0. The maximum atomic E-state index is 11.8. The summed E-state index contributed by atoms with van der Waals surface area (Å²) in [5.41, 5.74) is 0.281. The highest BCUT2D eigenvalue weighted by atomic mass is 16.6. The van der Waals surface area contributed by atoms with Gasteiger partial charge in [-0.3, -0.25) is 14.9 Å². The van der Waals surface area contributed by atoms with E-state index in [4.69, 9.17) is 4.74 Å². The van der Waals surface area contributed by atoms with Crippen LogP contribution in [0.15, 0.2) is 18.2 Å². The number of nitro benzene ring substituents is 1. The topological polar surface area (TPSA) is 81.5 Å². The Morgan fingerprint density at radius 1 is 1.50 bits per heavy atom. The van der Waals surface area contributed by atoms with Gasteiger partial charge in [0.25, 0.3) is 5.69 Å². The predicted octanol–water partition coefficient (Wildman–Crippen LogP) is 2.34. The number of methoxy groups -OCH3 is 1. The highest BCUT2D eigenvalue weighted by molar-refractivity contribution is 5.94. The third-order valence-electron chi connectivity index (χ3n) is 3.13. The smallest absolute Gasteiger partial charge is 0.271 e. The number of anilines is 1. The fourth-order valence-electron chi connectivity index (χ4n) is 1.81. The Kier molecular flexibility index (Phi) is 3.45. The molecule has 96 valence electrons. The van der Waals surface area contributed by atoms with E-state index in [2.05, 4.69) is 5.32 Å². The molecule has 0 heterocycles. The summed E-state index contributed by atoms with van der Waals surface area (Å²) in [7, 11) is 1.46. The monoisotopic (exact) mass is 250 g/mol. The minimum Gasteiger partial charge on any atom is -0.495 e. The standard InChI is InChI=1S/C12H14N2O4/c1-18-11-6-5-9(14(16)17)7-10(11)13-12(15)8-3-2-4-8/h5-8H,2-4H2,1H3,(H,13,15). The number of rotatable bonds is 4. The SMILES string of the molecule is COc1ccc([N+](=O)[O-])cc1NC(=O)C1CCC1. The molecule has 6 nitrogen and oxygen atoms in total. The highest BCUT2D eigenvalue weighted by Crippen LogP contribution is 2.32. The van der Waals surface area contributed by atoms with Gasteiger partial charge in [0, 0.05) is 18.1 Å². The van der Waals surface area contributed by atoms with Crippen LogP contribution in [0.3, 0.4) is 0 Å². The average Bonchev–Trinajstić information content (AvgIpc) is 2.26. The molecule has 18 heavy (non-hydrogen) atoms. The van der Waals surface area contributed by atoms with E-state index in [0.29, 0.717) is 11.4 Å². The average molecular weight is 250 g/mol. The molecular formula is C12H14N2O4. The number of nitrogens with one attached hydrogen (secondary N) is 1. The molecule has 1 saturated carbocycles. The lowest BCUT2D eigenvalue weighted by molar-refractivity contribution is -0.384. The van der Waals surface area contributed by atoms with Crippen LogP contribution in [-0.2, 0) is 4.79 Å². The van der Waals surface area contributed by atoms with E-state index in [1.807, 2.05) is 0 Å². The van der Waals surface area contributed by atoms with Crippen LogP contribution in [0.1, 0.15) is 19.3 Å². The van der Waals surface area contributed by atoms with E-state index in [1.165, 1.54) is 25.3 Å². The Bertz CT molecular complexity index is 483. The summed E-state index contributed by atoms with van der Waals surface area (Å²) in [5.74, 6) is 0.349. The van der Waals surface area contributed by atoms with E-state index in [1.54, 1.807) is 0 Å². The minimum atomic E-state index is -0.502. The molecule has 1 aromatic rings. The molecule has 0 aromatic heterocycles. The van der Waals surface area contributed by atoms with E-state index in [9.17, 15) is 14.9 Å². The van der Waals surface area contributed by atoms with Gasteiger partial charge in [-0.2, -0.15) is 0 Å². The Morgan fingerprint density at radius 3 is 2.72 bits per heavy atom. The molecule has 1 aliphatic rings. The van der Waals surface area contributed by atoms with Gasteiger partial charge in [0.05, 0.1) is 17.7 Å². The molecular weight excluding hydrogens is 236 g/mol. The van der Waals surface area contributed by atoms with Gasteiger partial charge < -0.3 is 10.1 Å². The Balaban J connectivity index is 2.20. The largest absolute Gasteiger partial charge is 0.495 e. The lowest BCUT2D eigenvalue weighted by atomic mass is 9.85. The van der Waals surface area contributed by atoms with Crippen molar-refractivity contribution >= 4 is 17.3 Å². The fraction of sp³-hybridized carbons (Fsp3) is 0.417. The summed E-state index contributed by atoms with van der Waals surface area (Å²) >= 11 is 0. The van der Waals surface area contributed by atoms with Crippen molar-refractivity contribution in [1.82, 2.24) is 0 Å². The molecule has 6 heteroatoms. The summed E-state index contributed by atoms with van der Waals surface area (Å²) in [5, 5.41) is 13.4. The Labute approximate surface area is 104 Å². The zero-order valence-electron chi connectivity index (χ0n) is 10.0. The third-order valence-corrected chi connectivity index (χ3v) is 3.13. The number of non-ortho nitro benzene ring substituents is 1. The summed E-state index contributed by atoms with van der Waals surface area (Å²) in [6.07, 6.45) is 2.82. The van der Waals surface area contributed by atoms with Crippen LogP contribution < -0.4 is 10.1 Å². The molecule has 0 aliphatic heterocycles. The lowest BCUT2D eigenvalue weighted by Gasteiger charge is -2.24. The van der Waals surface area contributed by atoms with Gasteiger partial charge in [-0.15, -0.1) is 0 Å². The normalized spacial score (nSPS) is 14.7. The summed E-state index contributed by atoms with van der Waals surface area (Å²) in [6, 6.07) is 4.14. The second-order valence-corrected chi connectivity index (χ2v) is 4.26. The predicted molar refractivity (Wildman–Crippen MR) is 65.6 cm³/mol. The van der Waals surface area contributed by atoms with Crippen LogP contribution in [0.25, 0.3) is 0 Å². The minimum absolute atomic E-state index is 0.0222. The maximum Gasteiger partial charge on any atom is 0.271 e. The molecule has 1 N–H and O–H groups in total. The summed E-state index contributed by atoms with van der Waals surface area (Å²) in [6.45, 7) is 0. The number of hydrogen-bond acceptors (Lipinski definition) is 4. The zero-order valence-corrected chi connectivity index (χ0v) is 10.0. The van der Waals surface area contributed by atoms with Crippen LogP contribution in [-0.4, -0.2) is 17.9 Å². The summed E-state index contributed by atoms with van der Waals surface area (Å²) < 4.78 is 5.08. The first-order valence-corrected chi connectivity index (χ1v) is 5.75. The second kappa shape index (κ2) is 5.03. The molecule has 2 rings (SSSR count). The van der Waals surface area contributed by atoms with Crippen LogP contribution in [0.5, 0.6) is 5.75 Å². The first-order valence-electron chi connectivity index (χ1n) is 5.75. The quantitative estimate of drug-likeness (QED) is 0.656. The maximum absolute atomic E-state index is 11.8. The van der Waals surface area contributed by atoms with Crippen molar-refractivity contribution in [3.8, 4) is 5.75 Å². The van der Waals surface area contributed by atoms with Gasteiger partial charge in [0.15, 0.2) is 0 Å². The van der Waals surface area contributed by atoms with Gasteiger partial charge in [-0.05, 0) is 18.9 Å². The molecule has 1 aliphatic carbocycles. The molecule has 0 radical (unpaired) electrons. The molecule has 0 spiro atoms. The molecule has 1 fully saturated rings. The molecule has 0 saturated heterocycles. The second-order valence-electron chi connectivity index (χ2n) is 4.26.